The molecule has 0 aliphatic heterocycles. The van der Waals surface area contributed by atoms with E-state index in [2.05, 4.69) is 16.0 Å². The Balaban J connectivity index is 2.05. The molecule has 0 radical (unpaired) electrons. The van der Waals surface area contributed by atoms with Gasteiger partial charge in [-0.25, -0.2) is 4.98 Å². The summed E-state index contributed by atoms with van der Waals surface area (Å²) < 4.78 is 1.91. The molecule has 0 spiro atoms. The van der Waals surface area contributed by atoms with Gasteiger partial charge >= 0.3 is 0 Å². The van der Waals surface area contributed by atoms with Crippen LogP contribution in [0.2, 0.25) is 0 Å². The van der Waals surface area contributed by atoms with Gasteiger partial charge in [0.2, 0.25) is 0 Å². The molecule has 1 N–H and O–H groups in total. The highest BCUT2D eigenvalue weighted by molar-refractivity contribution is 7.98. The van der Waals surface area contributed by atoms with Crippen LogP contribution < -0.4 is 0 Å². The highest BCUT2D eigenvalue weighted by Gasteiger charge is 2.06. The lowest BCUT2D eigenvalue weighted by atomic mass is 10.2. The predicted molar refractivity (Wildman–Crippen MR) is 67.7 cm³/mol. The zero-order chi connectivity index (χ0) is 12.3. The van der Waals surface area contributed by atoms with E-state index in [9.17, 15) is 0 Å². The number of hydrogen-bond donors (Lipinski definition) is 1. The Hall–Kier alpha value is -1.33. The molecule has 5 heteroatoms. The first kappa shape index (κ1) is 12.1. The van der Waals surface area contributed by atoms with Gasteiger partial charge in [0.1, 0.15) is 0 Å². The topological polar surface area (TPSA) is 50.9 Å². The summed E-state index contributed by atoms with van der Waals surface area (Å²) in [7, 11) is 1.91. The lowest BCUT2D eigenvalue weighted by Crippen LogP contribution is -1.97. The third kappa shape index (κ3) is 2.87. The van der Waals surface area contributed by atoms with Crippen LogP contribution in [-0.2, 0) is 19.4 Å². The molecule has 2 aromatic heterocycles. The molecule has 0 fully saturated rings. The summed E-state index contributed by atoms with van der Waals surface area (Å²) in [6, 6.07) is 2.12. The minimum atomic E-state index is 0.0239. The number of aryl methyl sites for hydroxylation is 1. The van der Waals surface area contributed by atoms with Crippen LogP contribution in [-0.4, -0.2) is 19.6 Å². The fourth-order valence-electron chi connectivity index (χ4n) is 1.55. The van der Waals surface area contributed by atoms with Gasteiger partial charge in [-0.15, -0.1) is 0 Å². The lowest BCUT2D eigenvalue weighted by molar-refractivity contribution is 0.271. The maximum absolute atomic E-state index is 9.07. The lowest BCUT2D eigenvalue weighted by Gasteiger charge is -2.04. The van der Waals surface area contributed by atoms with Gasteiger partial charge < -0.3 is 9.67 Å². The van der Waals surface area contributed by atoms with E-state index >= 15 is 0 Å². The van der Waals surface area contributed by atoms with Crippen molar-refractivity contribution in [3.63, 3.8) is 0 Å². The van der Waals surface area contributed by atoms with Gasteiger partial charge in [-0.3, -0.25) is 4.98 Å². The molecule has 0 unspecified atom stereocenters. The highest BCUT2D eigenvalue weighted by Crippen LogP contribution is 2.21. The first-order valence-corrected chi connectivity index (χ1v) is 6.34. The van der Waals surface area contributed by atoms with Crippen LogP contribution in [0.15, 0.2) is 29.8 Å². The Kier molecular flexibility index (Phi) is 3.81. The molecule has 90 valence electrons. The fourth-order valence-corrected chi connectivity index (χ4v) is 2.44. The number of aliphatic hydroxyl groups excluding tert-OH is 1. The average molecular weight is 249 g/mol. The molecule has 17 heavy (non-hydrogen) atoms. The van der Waals surface area contributed by atoms with Gasteiger partial charge in [0.15, 0.2) is 5.16 Å². The van der Waals surface area contributed by atoms with E-state index in [4.69, 9.17) is 5.11 Å². The fraction of sp³-hybridized carbons (Fsp3) is 0.333. The van der Waals surface area contributed by atoms with E-state index in [1.54, 1.807) is 18.0 Å². The number of imidazole rings is 1. The molecule has 2 rings (SSSR count). The van der Waals surface area contributed by atoms with E-state index in [0.717, 1.165) is 16.6 Å². The van der Waals surface area contributed by atoms with Crippen LogP contribution in [0.5, 0.6) is 0 Å². The Bertz CT molecular complexity index is 510. The van der Waals surface area contributed by atoms with Crippen molar-refractivity contribution in [1.82, 2.24) is 14.5 Å². The van der Waals surface area contributed by atoms with Crippen molar-refractivity contribution in [2.75, 3.05) is 0 Å². The smallest absolute Gasteiger partial charge is 0.168 e. The van der Waals surface area contributed by atoms with E-state index in [0.29, 0.717) is 0 Å². The monoisotopic (exact) mass is 249 g/mol. The minimum absolute atomic E-state index is 0.0239. The van der Waals surface area contributed by atoms with Gasteiger partial charge in [0, 0.05) is 25.2 Å². The SMILES string of the molecule is Cc1cncc(CSc2ncc(CO)n2C)c1. The summed E-state index contributed by atoms with van der Waals surface area (Å²) in [5.41, 5.74) is 3.18. The molecule has 0 aliphatic rings. The zero-order valence-electron chi connectivity index (χ0n) is 9.92. The van der Waals surface area contributed by atoms with E-state index in [-0.39, 0.29) is 6.61 Å². The third-order valence-electron chi connectivity index (χ3n) is 2.50. The summed E-state index contributed by atoms with van der Waals surface area (Å²) in [6.45, 7) is 2.06. The Morgan fingerprint density at radius 1 is 1.35 bits per heavy atom. The number of hydrogen-bond acceptors (Lipinski definition) is 4. The van der Waals surface area contributed by atoms with Crippen molar-refractivity contribution in [2.24, 2.45) is 7.05 Å². The number of thioether (sulfide) groups is 1. The molecule has 4 nitrogen and oxygen atoms in total. The predicted octanol–water partition coefficient (Wildman–Crippen LogP) is 1.91. The van der Waals surface area contributed by atoms with Crippen molar-refractivity contribution in [3.05, 3.63) is 41.5 Å². The van der Waals surface area contributed by atoms with Gasteiger partial charge in [-0.2, -0.15) is 0 Å². The van der Waals surface area contributed by atoms with Gasteiger partial charge in [-0.1, -0.05) is 17.8 Å². The summed E-state index contributed by atoms with van der Waals surface area (Å²) in [5.74, 6) is 0.838. The Morgan fingerprint density at radius 2 is 2.18 bits per heavy atom. The molecule has 0 aliphatic carbocycles. The van der Waals surface area contributed by atoms with E-state index in [1.807, 2.05) is 30.9 Å². The minimum Gasteiger partial charge on any atom is -0.390 e. The van der Waals surface area contributed by atoms with Gasteiger partial charge in [0.05, 0.1) is 18.5 Å². The van der Waals surface area contributed by atoms with Crippen LogP contribution in [0.3, 0.4) is 0 Å². The number of rotatable bonds is 4. The quantitative estimate of drug-likeness (QED) is 0.841. The van der Waals surface area contributed by atoms with Crippen LogP contribution >= 0.6 is 11.8 Å². The van der Waals surface area contributed by atoms with Crippen LogP contribution in [0.1, 0.15) is 16.8 Å². The molecule has 0 atom stereocenters. The molecular formula is C12H15N3OS. The molecule has 2 aromatic rings. The second-order valence-corrected chi connectivity index (χ2v) is 4.85. The second kappa shape index (κ2) is 5.33. The van der Waals surface area contributed by atoms with Crippen LogP contribution in [0.4, 0.5) is 0 Å². The summed E-state index contributed by atoms with van der Waals surface area (Å²) >= 11 is 1.65. The van der Waals surface area contributed by atoms with Gasteiger partial charge in [-0.05, 0) is 18.1 Å². The molecular weight excluding hydrogens is 234 g/mol. The third-order valence-corrected chi connectivity index (χ3v) is 3.62. The number of aliphatic hydroxyl groups is 1. The van der Waals surface area contributed by atoms with Gasteiger partial charge in [0.25, 0.3) is 0 Å². The summed E-state index contributed by atoms with van der Waals surface area (Å²) in [5, 5.41) is 9.99. The molecule has 0 amide bonds. The molecule has 0 saturated carbocycles. The van der Waals surface area contributed by atoms with E-state index < -0.39 is 0 Å². The van der Waals surface area contributed by atoms with Crippen LogP contribution in [0, 0.1) is 6.92 Å². The van der Waals surface area contributed by atoms with Crippen molar-refractivity contribution in [3.8, 4) is 0 Å². The highest BCUT2D eigenvalue weighted by atomic mass is 32.2. The zero-order valence-corrected chi connectivity index (χ0v) is 10.7. The molecule has 0 bridgehead atoms. The Labute approximate surface area is 105 Å². The maximum Gasteiger partial charge on any atom is 0.168 e. The summed E-state index contributed by atoms with van der Waals surface area (Å²) in [4.78, 5) is 8.43. The van der Waals surface area contributed by atoms with Crippen molar-refractivity contribution < 1.29 is 5.11 Å². The number of nitrogens with zero attached hydrogens (tertiary/aromatic N) is 3. The molecule has 2 heterocycles. The van der Waals surface area contributed by atoms with Crippen molar-refractivity contribution in [2.45, 2.75) is 24.4 Å². The molecule has 0 aromatic carbocycles. The van der Waals surface area contributed by atoms with Crippen molar-refractivity contribution in [1.29, 1.82) is 0 Å². The first-order valence-electron chi connectivity index (χ1n) is 5.35. The van der Waals surface area contributed by atoms with E-state index in [1.165, 1.54) is 11.1 Å². The standard InChI is InChI=1S/C12H15N3OS/c1-9-3-10(5-13-4-9)8-17-12-14-6-11(7-16)15(12)2/h3-6,16H,7-8H2,1-2H3. The maximum atomic E-state index is 9.07. The number of pyridine rings is 1. The average Bonchev–Trinajstić information content (AvgIpc) is 2.67. The molecule has 0 saturated heterocycles. The normalized spacial score (nSPS) is 10.8. The van der Waals surface area contributed by atoms with Crippen molar-refractivity contribution >= 4 is 11.8 Å². The van der Waals surface area contributed by atoms with Crippen LogP contribution in [0.25, 0.3) is 0 Å². The summed E-state index contributed by atoms with van der Waals surface area (Å²) in [6.07, 6.45) is 5.42. The largest absolute Gasteiger partial charge is 0.390 e. The first-order chi connectivity index (χ1) is 8.20. The second-order valence-electron chi connectivity index (χ2n) is 3.91. The Morgan fingerprint density at radius 3 is 2.82 bits per heavy atom. The number of aromatic nitrogens is 3.